The number of amides is 1. The van der Waals surface area contributed by atoms with Crippen LogP contribution in [-0.2, 0) is 28.1 Å². The molecule has 1 amide bonds. The first kappa shape index (κ1) is 21.7. The highest BCUT2D eigenvalue weighted by Crippen LogP contribution is 2.34. The molecule has 32 heavy (non-hydrogen) atoms. The lowest BCUT2D eigenvalue weighted by Crippen LogP contribution is -2.46. The van der Waals surface area contributed by atoms with Crippen molar-refractivity contribution in [3.63, 3.8) is 0 Å². The lowest BCUT2D eigenvalue weighted by atomic mass is 10.1. The smallest absolute Gasteiger partial charge is 0.259 e. The second-order valence-electron chi connectivity index (χ2n) is 8.50. The van der Waals surface area contributed by atoms with E-state index < -0.39 is 0 Å². The minimum Gasteiger partial charge on any atom is -0.367 e. The van der Waals surface area contributed by atoms with Gasteiger partial charge >= 0.3 is 0 Å². The molecule has 1 fully saturated rings. The number of hydrogen-bond donors (Lipinski definition) is 1. The quantitative estimate of drug-likeness (QED) is 0.551. The van der Waals surface area contributed by atoms with Crippen molar-refractivity contribution in [1.82, 2.24) is 14.9 Å². The maximum atomic E-state index is 12.8. The molecule has 0 bridgehead atoms. The third-order valence-corrected chi connectivity index (χ3v) is 8.26. The first-order valence-corrected chi connectivity index (χ1v) is 13.1. The van der Waals surface area contributed by atoms with E-state index in [1.54, 1.807) is 23.1 Å². The second kappa shape index (κ2) is 9.37. The topological polar surface area (TPSA) is 75.3 Å². The van der Waals surface area contributed by atoms with Gasteiger partial charge in [-0.1, -0.05) is 30.3 Å². The molecule has 0 spiro atoms. The summed E-state index contributed by atoms with van der Waals surface area (Å²) in [5.41, 5.74) is 2.30. The Kier molecular flexibility index (Phi) is 6.35. The van der Waals surface area contributed by atoms with Crippen molar-refractivity contribution in [1.29, 1.82) is 0 Å². The number of morpholine rings is 1. The number of H-pyrrole nitrogens is 1. The largest absolute Gasteiger partial charge is 0.367 e. The number of nitrogens with zero attached hydrogens (tertiary/aromatic N) is 2. The molecular weight excluding hydrogens is 442 g/mol. The van der Waals surface area contributed by atoms with Crippen LogP contribution in [0.5, 0.6) is 0 Å². The average Bonchev–Trinajstić information content (AvgIpc) is 3.38. The van der Waals surface area contributed by atoms with Gasteiger partial charge < -0.3 is 14.6 Å². The number of ether oxygens (including phenoxy) is 1. The van der Waals surface area contributed by atoms with Gasteiger partial charge in [-0.2, -0.15) is 11.8 Å². The van der Waals surface area contributed by atoms with Crippen molar-refractivity contribution in [2.75, 3.05) is 18.8 Å². The molecule has 1 aromatic carbocycles. The molecule has 1 aliphatic carbocycles. The van der Waals surface area contributed by atoms with Gasteiger partial charge in [0.05, 0.1) is 23.8 Å². The van der Waals surface area contributed by atoms with Crippen LogP contribution < -0.4 is 5.56 Å². The highest BCUT2D eigenvalue weighted by molar-refractivity contribution is 7.98. The van der Waals surface area contributed by atoms with Crippen LogP contribution in [0.4, 0.5) is 0 Å². The molecule has 3 aromatic rings. The predicted molar refractivity (Wildman–Crippen MR) is 129 cm³/mol. The van der Waals surface area contributed by atoms with Crippen LogP contribution in [-0.4, -0.2) is 45.7 Å². The Morgan fingerprint density at radius 1 is 1.28 bits per heavy atom. The van der Waals surface area contributed by atoms with E-state index in [-0.39, 0.29) is 23.7 Å². The van der Waals surface area contributed by atoms with Crippen molar-refractivity contribution < 1.29 is 9.53 Å². The number of thioether (sulfide) groups is 1. The third-order valence-electron chi connectivity index (χ3n) is 6.11. The van der Waals surface area contributed by atoms with E-state index in [4.69, 9.17) is 4.74 Å². The monoisotopic (exact) mass is 469 g/mol. The van der Waals surface area contributed by atoms with E-state index in [1.807, 2.05) is 42.2 Å². The highest BCUT2D eigenvalue weighted by atomic mass is 32.2. The average molecular weight is 470 g/mol. The van der Waals surface area contributed by atoms with Crippen LogP contribution in [0.2, 0.25) is 0 Å². The number of hydrogen-bond acceptors (Lipinski definition) is 6. The minimum absolute atomic E-state index is 0.0129. The Morgan fingerprint density at radius 3 is 2.97 bits per heavy atom. The molecule has 0 radical (unpaired) electrons. The fourth-order valence-electron chi connectivity index (χ4n) is 4.61. The molecule has 1 saturated heterocycles. The van der Waals surface area contributed by atoms with Gasteiger partial charge in [-0.05, 0) is 37.3 Å². The fourth-order valence-corrected chi connectivity index (χ4v) is 6.68. The van der Waals surface area contributed by atoms with Crippen LogP contribution in [0.25, 0.3) is 10.2 Å². The Morgan fingerprint density at radius 2 is 2.12 bits per heavy atom. The first-order chi connectivity index (χ1) is 15.6. The van der Waals surface area contributed by atoms with Crippen molar-refractivity contribution in [3.8, 4) is 0 Å². The molecule has 1 aliphatic heterocycles. The fraction of sp³-hybridized carbons (Fsp3) is 0.458. The highest BCUT2D eigenvalue weighted by Gasteiger charge is 2.29. The number of rotatable bonds is 6. The number of carbonyl (C=O) groups excluding carboxylic acids is 1. The number of benzene rings is 1. The third kappa shape index (κ3) is 4.49. The summed E-state index contributed by atoms with van der Waals surface area (Å²) in [6, 6.07) is 10.1. The maximum Gasteiger partial charge on any atom is 0.259 e. The molecule has 0 saturated carbocycles. The van der Waals surface area contributed by atoms with Gasteiger partial charge in [-0.25, -0.2) is 4.98 Å². The zero-order valence-electron chi connectivity index (χ0n) is 18.1. The van der Waals surface area contributed by atoms with Crippen molar-refractivity contribution in [3.05, 3.63) is 62.5 Å². The van der Waals surface area contributed by atoms with Gasteiger partial charge in [0.15, 0.2) is 0 Å². The van der Waals surface area contributed by atoms with E-state index in [2.05, 4.69) is 9.97 Å². The second-order valence-corrected chi connectivity index (χ2v) is 10.7. The molecule has 168 valence electrons. The van der Waals surface area contributed by atoms with Gasteiger partial charge in [0.2, 0.25) is 5.91 Å². The van der Waals surface area contributed by atoms with Gasteiger partial charge in [0, 0.05) is 23.6 Å². The zero-order valence-corrected chi connectivity index (χ0v) is 19.8. The minimum atomic E-state index is -0.0787. The molecule has 8 heteroatoms. The molecule has 2 aromatic heterocycles. The van der Waals surface area contributed by atoms with Gasteiger partial charge in [0.25, 0.3) is 5.56 Å². The van der Waals surface area contributed by atoms with Gasteiger partial charge in [-0.15, -0.1) is 11.3 Å². The summed E-state index contributed by atoms with van der Waals surface area (Å²) in [6.07, 6.45) is 3.59. The zero-order chi connectivity index (χ0) is 22.1. The number of aryl methyl sites for hydroxylation is 2. The summed E-state index contributed by atoms with van der Waals surface area (Å²) in [4.78, 5) is 37.1. The van der Waals surface area contributed by atoms with Gasteiger partial charge in [-0.3, -0.25) is 9.59 Å². The van der Waals surface area contributed by atoms with Crippen LogP contribution in [0.15, 0.2) is 35.1 Å². The van der Waals surface area contributed by atoms with E-state index in [0.717, 1.165) is 35.0 Å². The number of nitrogens with one attached hydrogen (secondary N) is 1. The van der Waals surface area contributed by atoms with E-state index >= 15 is 0 Å². The van der Waals surface area contributed by atoms with Crippen LogP contribution in [0.1, 0.15) is 47.7 Å². The summed E-state index contributed by atoms with van der Waals surface area (Å²) < 4.78 is 6.06. The molecule has 6 nitrogen and oxygen atoms in total. The summed E-state index contributed by atoms with van der Waals surface area (Å²) >= 11 is 3.30. The summed E-state index contributed by atoms with van der Waals surface area (Å²) in [5.74, 6) is 2.15. The number of carbonyl (C=O) groups is 1. The Hall–Kier alpha value is -2.16. The Balaban J connectivity index is 1.15. The van der Waals surface area contributed by atoms with Crippen molar-refractivity contribution >= 4 is 39.2 Å². The number of aromatic nitrogens is 2. The van der Waals surface area contributed by atoms with E-state index in [9.17, 15) is 9.59 Å². The molecule has 3 heterocycles. The standard InChI is InChI=1S/C24H27N3O3S2/c1-15-12-27(13-18(30-15)16-6-3-2-4-7-16)21(28)10-11-31-14-20-25-23(29)22-17-8-5-9-19(17)32-24(22)26-20/h2-4,6-7,15,18H,5,8-14H2,1H3,(H,25,26,29). The normalized spacial score (nSPS) is 20.6. The molecule has 2 unspecified atom stereocenters. The van der Waals surface area contributed by atoms with Crippen LogP contribution >= 0.6 is 23.1 Å². The maximum absolute atomic E-state index is 12.8. The van der Waals surface area contributed by atoms with E-state index in [1.165, 1.54) is 10.4 Å². The number of fused-ring (bicyclic) bond motifs is 3. The lowest BCUT2D eigenvalue weighted by Gasteiger charge is -2.37. The predicted octanol–water partition coefficient (Wildman–Crippen LogP) is 4.09. The summed E-state index contributed by atoms with van der Waals surface area (Å²) in [5, 5.41) is 0.792. The van der Waals surface area contributed by atoms with Crippen molar-refractivity contribution in [2.45, 2.75) is 50.6 Å². The molecule has 2 aliphatic rings. The molecule has 1 N–H and O–H groups in total. The van der Waals surface area contributed by atoms with Gasteiger partial charge in [0.1, 0.15) is 16.8 Å². The van der Waals surface area contributed by atoms with Crippen LogP contribution in [0, 0.1) is 0 Å². The summed E-state index contributed by atoms with van der Waals surface area (Å²) in [7, 11) is 0. The number of thiophene rings is 1. The van der Waals surface area contributed by atoms with Crippen LogP contribution in [0.3, 0.4) is 0 Å². The molecular formula is C24H27N3O3S2. The number of aromatic amines is 1. The SMILES string of the molecule is CC1CN(C(=O)CCSCc2nc3sc4c(c3c(=O)[nH]2)CCC4)CC(c2ccccc2)O1. The lowest BCUT2D eigenvalue weighted by molar-refractivity contribution is -0.144. The Bertz CT molecular complexity index is 1170. The molecule has 5 rings (SSSR count). The first-order valence-electron chi connectivity index (χ1n) is 11.2. The van der Waals surface area contributed by atoms with Crippen molar-refractivity contribution in [2.24, 2.45) is 0 Å². The van der Waals surface area contributed by atoms with E-state index in [0.29, 0.717) is 36.8 Å². The Labute approximate surface area is 195 Å². The summed E-state index contributed by atoms with van der Waals surface area (Å²) in [6.45, 7) is 3.23. The molecule has 2 atom stereocenters.